The maximum Gasteiger partial charge on any atom is 0.340 e. The van der Waals surface area contributed by atoms with Gasteiger partial charge in [-0.25, -0.2) is 13.2 Å². The highest BCUT2D eigenvalue weighted by molar-refractivity contribution is 7.89. The Morgan fingerprint density at radius 2 is 1.81 bits per heavy atom. The molecule has 138 valence electrons. The zero-order valence-corrected chi connectivity index (χ0v) is 15.5. The average molecular weight is 396 g/mol. The van der Waals surface area contributed by atoms with E-state index < -0.39 is 16.0 Å². The smallest absolute Gasteiger partial charge is 0.340 e. The van der Waals surface area contributed by atoms with Gasteiger partial charge in [0.1, 0.15) is 6.61 Å². The topological polar surface area (TPSA) is 72.9 Å². The minimum absolute atomic E-state index is 0.00969. The standard InChI is InChI=1S/C18H18ClNO5S/c19-17-7-6-15(26(22,23)20-8-10-24-11-9-20)12-16(17)18(21)25-13-14-4-2-1-3-5-14/h1-7,12H,8-11,13H2. The SMILES string of the molecule is O=C(OCc1ccccc1)c1cc(S(=O)(=O)N2CCOCC2)ccc1Cl. The highest BCUT2D eigenvalue weighted by Crippen LogP contribution is 2.24. The number of hydrogen-bond acceptors (Lipinski definition) is 5. The maximum atomic E-state index is 12.7. The minimum atomic E-state index is -3.72. The van der Waals surface area contributed by atoms with Crippen molar-refractivity contribution in [1.82, 2.24) is 4.31 Å². The third kappa shape index (κ3) is 4.24. The summed E-state index contributed by atoms with van der Waals surface area (Å²) >= 11 is 6.08. The van der Waals surface area contributed by atoms with Crippen LogP contribution in [0.1, 0.15) is 15.9 Å². The molecule has 1 aliphatic rings. The molecular formula is C18H18ClNO5S. The minimum Gasteiger partial charge on any atom is -0.457 e. The van der Waals surface area contributed by atoms with Crippen LogP contribution in [0.25, 0.3) is 0 Å². The van der Waals surface area contributed by atoms with Crippen molar-refractivity contribution in [3.05, 3.63) is 64.7 Å². The second kappa shape index (κ2) is 8.18. The van der Waals surface area contributed by atoms with Gasteiger partial charge < -0.3 is 9.47 Å². The van der Waals surface area contributed by atoms with Gasteiger partial charge in [-0.2, -0.15) is 4.31 Å². The second-order valence-electron chi connectivity index (χ2n) is 5.72. The van der Waals surface area contributed by atoms with Crippen molar-refractivity contribution in [2.24, 2.45) is 0 Å². The average Bonchev–Trinajstić information content (AvgIpc) is 2.68. The molecule has 1 fully saturated rings. The molecule has 8 heteroatoms. The van der Waals surface area contributed by atoms with Crippen LogP contribution in [0.3, 0.4) is 0 Å². The van der Waals surface area contributed by atoms with E-state index in [1.807, 2.05) is 30.3 Å². The number of nitrogens with zero attached hydrogens (tertiary/aromatic N) is 1. The van der Waals surface area contributed by atoms with E-state index in [1.54, 1.807) is 0 Å². The Kier molecular flexibility index (Phi) is 5.93. The highest BCUT2D eigenvalue weighted by Gasteiger charge is 2.27. The van der Waals surface area contributed by atoms with Gasteiger partial charge in [-0.1, -0.05) is 41.9 Å². The van der Waals surface area contributed by atoms with Crippen LogP contribution in [0.2, 0.25) is 5.02 Å². The van der Waals surface area contributed by atoms with E-state index in [9.17, 15) is 13.2 Å². The Bertz CT molecular complexity index is 880. The number of ether oxygens (including phenoxy) is 2. The maximum absolute atomic E-state index is 12.7. The zero-order chi connectivity index (χ0) is 18.6. The monoisotopic (exact) mass is 395 g/mol. The number of carbonyl (C=O) groups is 1. The lowest BCUT2D eigenvalue weighted by Gasteiger charge is -2.26. The van der Waals surface area contributed by atoms with Gasteiger partial charge in [-0.15, -0.1) is 0 Å². The molecule has 0 aromatic heterocycles. The molecule has 0 radical (unpaired) electrons. The molecule has 1 aliphatic heterocycles. The first-order valence-corrected chi connectivity index (χ1v) is 9.89. The summed E-state index contributed by atoms with van der Waals surface area (Å²) < 4.78 is 37.2. The summed E-state index contributed by atoms with van der Waals surface area (Å²) in [5.41, 5.74) is 0.853. The number of esters is 1. The zero-order valence-electron chi connectivity index (χ0n) is 13.9. The van der Waals surface area contributed by atoms with E-state index in [0.717, 1.165) is 5.56 Å². The van der Waals surface area contributed by atoms with Crippen LogP contribution in [0.5, 0.6) is 0 Å². The Balaban J connectivity index is 1.79. The van der Waals surface area contributed by atoms with Gasteiger partial charge in [0.05, 0.1) is 28.7 Å². The second-order valence-corrected chi connectivity index (χ2v) is 8.06. The van der Waals surface area contributed by atoms with E-state index in [0.29, 0.717) is 13.2 Å². The van der Waals surface area contributed by atoms with Crippen molar-refractivity contribution in [2.75, 3.05) is 26.3 Å². The largest absolute Gasteiger partial charge is 0.457 e. The van der Waals surface area contributed by atoms with Gasteiger partial charge in [0.2, 0.25) is 10.0 Å². The summed E-state index contributed by atoms with van der Waals surface area (Å²) in [6.07, 6.45) is 0. The molecule has 1 saturated heterocycles. The van der Waals surface area contributed by atoms with Gasteiger partial charge in [-0.05, 0) is 23.8 Å². The molecule has 26 heavy (non-hydrogen) atoms. The van der Waals surface area contributed by atoms with Crippen LogP contribution < -0.4 is 0 Å². The molecule has 3 rings (SSSR count). The number of sulfonamides is 1. The fourth-order valence-electron chi connectivity index (χ4n) is 2.56. The molecule has 0 bridgehead atoms. The van der Waals surface area contributed by atoms with E-state index in [-0.39, 0.29) is 35.2 Å². The lowest BCUT2D eigenvalue weighted by molar-refractivity contribution is 0.0472. The van der Waals surface area contributed by atoms with Crippen LogP contribution in [-0.2, 0) is 26.1 Å². The van der Waals surface area contributed by atoms with Gasteiger partial charge in [0.15, 0.2) is 0 Å². The Labute approximate surface area is 157 Å². The summed E-state index contributed by atoms with van der Waals surface area (Å²) in [5, 5.41) is 0.143. The van der Waals surface area contributed by atoms with Crippen LogP contribution in [0, 0.1) is 0 Å². The fraction of sp³-hybridized carbons (Fsp3) is 0.278. The summed E-state index contributed by atoms with van der Waals surface area (Å²) in [7, 11) is -3.72. The van der Waals surface area contributed by atoms with Crippen molar-refractivity contribution in [1.29, 1.82) is 0 Å². The molecule has 0 atom stereocenters. The Morgan fingerprint density at radius 1 is 1.12 bits per heavy atom. The van der Waals surface area contributed by atoms with Crippen LogP contribution >= 0.6 is 11.6 Å². The molecule has 2 aromatic rings. The summed E-state index contributed by atoms with van der Waals surface area (Å²) in [6.45, 7) is 1.32. The van der Waals surface area contributed by atoms with Crippen LogP contribution in [0.15, 0.2) is 53.4 Å². The molecule has 0 N–H and O–H groups in total. The number of morpholine rings is 1. The fourth-order valence-corrected chi connectivity index (χ4v) is 4.19. The van der Waals surface area contributed by atoms with Crippen molar-refractivity contribution >= 4 is 27.6 Å². The van der Waals surface area contributed by atoms with Crippen molar-refractivity contribution in [2.45, 2.75) is 11.5 Å². The van der Waals surface area contributed by atoms with Crippen molar-refractivity contribution in [3.63, 3.8) is 0 Å². The molecule has 0 saturated carbocycles. The molecule has 0 spiro atoms. The van der Waals surface area contributed by atoms with Crippen LogP contribution in [-0.4, -0.2) is 45.0 Å². The number of benzene rings is 2. The highest BCUT2D eigenvalue weighted by atomic mass is 35.5. The first-order chi connectivity index (χ1) is 12.5. The molecule has 0 amide bonds. The first kappa shape index (κ1) is 18.8. The number of carbonyl (C=O) groups excluding carboxylic acids is 1. The summed E-state index contributed by atoms with van der Waals surface area (Å²) in [4.78, 5) is 12.4. The lowest BCUT2D eigenvalue weighted by atomic mass is 10.2. The van der Waals surface area contributed by atoms with Crippen LogP contribution in [0.4, 0.5) is 0 Å². The molecule has 0 aliphatic carbocycles. The first-order valence-electron chi connectivity index (χ1n) is 8.07. The molecule has 2 aromatic carbocycles. The molecule has 6 nitrogen and oxygen atoms in total. The quantitative estimate of drug-likeness (QED) is 0.728. The van der Waals surface area contributed by atoms with E-state index in [4.69, 9.17) is 21.1 Å². The molecule has 0 unspecified atom stereocenters. The Morgan fingerprint density at radius 3 is 2.50 bits per heavy atom. The number of rotatable bonds is 5. The normalized spacial score (nSPS) is 15.6. The van der Waals surface area contributed by atoms with Gasteiger partial charge >= 0.3 is 5.97 Å². The predicted molar refractivity (Wildman–Crippen MR) is 96.6 cm³/mol. The third-order valence-corrected chi connectivity index (χ3v) is 6.20. The van der Waals surface area contributed by atoms with Crippen molar-refractivity contribution in [3.8, 4) is 0 Å². The van der Waals surface area contributed by atoms with E-state index >= 15 is 0 Å². The number of hydrogen-bond donors (Lipinski definition) is 0. The van der Waals surface area contributed by atoms with E-state index in [2.05, 4.69) is 0 Å². The molecule has 1 heterocycles. The predicted octanol–water partition coefficient (Wildman–Crippen LogP) is 2.72. The van der Waals surface area contributed by atoms with Gasteiger partial charge in [-0.3, -0.25) is 0 Å². The van der Waals surface area contributed by atoms with Crippen molar-refractivity contribution < 1.29 is 22.7 Å². The van der Waals surface area contributed by atoms with E-state index in [1.165, 1.54) is 22.5 Å². The lowest BCUT2D eigenvalue weighted by Crippen LogP contribution is -2.40. The Hall–Kier alpha value is -1.93. The van der Waals surface area contributed by atoms with Gasteiger partial charge in [0, 0.05) is 13.1 Å². The summed E-state index contributed by atoms with van der Waals surface area (Å²) in [6, 6.07) is 13.2. The number of halogens is 1. The van der Waals surface area contributed by atoms with Gasteiger partial charge in [0.25, 0.3) is 0 Å². The summed E-state index contributed by atoms with van der Waals surface area (Å²) in [5.74, 6) is -0.669. The molecular weight excluding hydrogens is 378 g/mol. The third-order valence-electron chi connectivity index (χ3n) is 3.98.